The maximum absolute atomic E-state index is 14.4. The number of aromatic nitrogens is 1. The number of pyridine rings is 1. The number of carbonyl (C=O) groups is 1. The second kappa shape index (κ2) is 6.92. The molecule has 0 unspecified atom stereocenters. The molecule has 3 aromatic rings. The van der Waals surface area contributed by atoms with Gasteiger partial charge in [0.1, 0.15) is 11.6 Å². The molecule has 0 saturated carbocycles. The summed E-state index contributed by atoms with van der Waals surface area (Å²) in [6, 6.07) is 8.01. The van der Waals surface area contributed by atoms with Crippen molar-refractivity contribution in [2.75, 3.05) is 6.26 Å². The van der Waals surface area contributed by atoms with E-state index < -0.39 is 38.9 Å². The minimum atomic E-state index is -3.92. The van der Waals surface area contributed by atoms with E-state index in [2.05, 4.69) is 4.98 Å². The van der Waals surface area contributed by atoms with E-state index in [9.17, 15) is 22.0 Å². The highest BCUT2D eigenvalue weighted by Crippen LogP contribution is 2.33. The van der Waals surface area contributed by atoms with Crippen LogP contribution in [0.5, 0.6) is 11.5 Å². The van der Waals surface area contributed by atoms with Crippen LogP contribution >= 0.6 is 0 Å². The minimum absolute atomic E-state index is 0.260. The molecular weight excluding hydrogens is 378 g/mol. The number of benzene rings is 2. The molecule has 1 heterocycles. The molecule has 0 atom stereocenters. The monoisotopic (exact) mass is 392 g/mol. The van der Waals surface area contributed by atoms with Crippen LogP contribution < -0.4 is 9.46 Å². The Morgan fingerprint density at radius 3 is 2.56 bits per heavy atom. The van der Waals surface area contributed by atoms with Crippen LogP contribution in [0.3, 0.4) is 0 Å². The standard InChI is InChI=1S/C18H14F2N2O4S/c1-10-5-6-15(11-4-3-7-21-17(10)11)26-16-9-13(19)12(8-14(16)20)18(23)22-27(2,24)25/h3-9H,1-2H3,(H,22,23). The molecule has 140 valence electrons. The number of hydrogen-bond donors (Lipinski definition) is 1. The molecule has 0 spiro atoms. The van der Waals surface area contributed by atoms with Crippen molar-refractivity contribution in [3.8, 4) is 11.5 Å². The summed E-state index contributed by atoms with van der Waals surface area (Å²) in [5.41, 5.74) is 0.790. The van der Waals surface area contributed by atoms with Gasteiger partial charge in [-0.1, -0.05) is 6.07 Å². The highest BCUT2D eigenvalue weighted by molar-refractivity contribution is 7.89. The number of hydrogen-bond acceptors (Lipinski definition) is 5. The smallest absolute Gasteiger partial charge is 0.267 e. The van der Waals surface area contributed by atoms with E-state index in [0.717, 1.165) is 11.8 Å². The summed E-state index contributed by atoms with van der Waals surface area (Å²) in [6.45, 7) is 1.86. The molecule has 6 nitrogen and oxygen atoms in total. The summed E-state index contributed by atoms with van der Waals surface area (Å²) in [5, 5.41) is 0.608. The van der Waals surface area contributed by atoms with Gasteiger partial charge in [-0.2, -0.15) is 0 Å². The molecule has 0 bridgehead atoms. The third-order valence-corrected chi connectivity index (χ3v) is 4.25. The second-order valence-corrected chi connectivity index (χ2v) is 7.60. The Labute approximate surface area is 153 Å². The maximum atomic E-state index is 14.4. The average Bonchev–Trinajstić information content (AvgIpc) is 2.59. The summed E-state index contributed by atoms with van der Waals surface area (Å²) in [7, 11) is -3.92. The summed E-state index contributed by atoms with van der Waals surface area (Å²) in [6.07, 6.45) is 2.34. The fraction of sp³-hybridized carbons (Fsp3) is 0.111. The highest BCUT2D eigenvalue weighted by atomic mass is 32.2. The highest BCUT2D eigenvalue weighted by Gasteiger charge is 2.20. The number of amides is 1. The van der Waals surface area contributed by atoms with Gasteiger partial charge in [0.25, 0.3) is 5.91 Å². The van der Waals surface area contributed by atoms with Gasteiger partial charge >= 0.3 is 0 Å². The van der Waals surface area contributed by atoms with Crippen molar-refractivity contribution in [2.24, 2.45) is 0 Å². The molecule has 0 aliphatic carbocycles. The van der Waals surface area contributed by atoms with E-state index in [1.165, 1.54) is 0 Å². The van der Waals surface area contributed by atoms with Gasteiger partial charge in [0.05, 0.1) is 17.3 Å². The third-order valence-electron chi connectivity index (χ3n) is 3.70. The molecule has 9 heteroatoms. The van der Waals surface area contributed by atoms with Gasteiger partial charge in [-0.15, -0.1) is 0 Å². The molecule has 1 amide bonds. The summed E-state index contributed by atoms with van der Waals surface area (Å²) >= 11 is 0. The van der Waals surface area contributed by atoms with E-state index in [0.29, 0.717) is 23.0 Å². The first-order chi connectivity index (χ1) is 12.7. The zero-order valence-electron chi connectivity index (χ0n) is 14.3. The van der Waals surface area contributed by atoms with E-state index in [1.54, 1.807) is 35.2 Å². The Hall–Kier alpha value is -3.07. The van der Waals surface area contributed by atoms with E-state index in [-0.39, 0.29) is 5.75 Å². The number of fused-ring (bicyclic) bond motifs is 1. The molecule has 1 aromatic heterocycles. The lowest BCUT2D eigenvalue weighted by Gasteiger charge is -2.12. The number of rotatable bonds is 4. The summed E-state index contributed by atoms with van der Waals surface area (Å²) < 4.78 is 57.8. The van der Waals surface area contributed by atoms with Crippen molar-refractivity contribution >= 4 is 26.8 Å². The van der Waals surface area contributed by atoms with Crippen molar-refractivity contribution in [2.45, 2.75) is 6.92 Å². The van der Waals surface area contributed by atoms with Crippen LogP contribution in [0.25, 0.3) is 10.9 Å². The lowest BCUT2D eigenvalue weighted by Crippen LogP contribution is -2.30. The quantitative estimate of drug-likeness (QED) is 0.736. The molecule has 3 rings (SSSR count). The van der Waals surface area contributed by atoms with Crippen molar-refractivity contribution in [1.29, 1.82) is 0 Å². The molecule has 1 N–H and O–H groups in total. The Balaban J connectivity index is 1.99. The number of carbonyl (C=O) groups excluding carboxylic acids is 1. The Morgan fingerprint density at radius 1 is 1.11 bits per heavy atom. The van der Waals surface area contributed by atoms with Gasteiger partial charge in [0, 0.05) is 17.6 Å². The van der Waals surface area contributed by atoms with Crippen molar-refractivity contribution in [3.05, 3.63) is 65.4 Å². The van der Waals surface area contributed by atoms with Crippen LogP contribution in [0.4, 0.5) is 8.78 Å². The van der Waals surface area contributed by atoms with Crippen molar-refractivity contribution in [1.82, 2.24) is 9.71 Å². The second-order valence-electron chi connectivity index (χ2n) is 5.85. The fourth-order valence-corrected chi connectivity index (χ4v) is 2.95. The van der Waals surface area contributed by atoms with Crippen molar-refractivity contribution in [3.63, 3.8) is 0 Å². The number of ether oxygens (including phenoxy) is 1. The normalized spacial score (nSPS) is 11.4. The van der Waals surface area contributed by atoms with Crippen LogP contribution in [0.2, 0.25) is 0 Å². The molecule has 0 aliphatic rings. The molecule has 0 aliphatic heterocycles. The van der Waals surface area contributed by atoms with Gasteiger partial charge in [0.2, 0.25) is 10.0 Å². The lowest BCUT2D eigenvalue weighted by atomic mass is 10.1. The Bertz CT molecular complexity index is 1160. The molecule has 0 saturated heterocycles. The SMILES string of the molecule is Cc1ccc(Oc2cc(F)c(C(=O)NS(C)(=O)=O)cc2F)c2cccnc12. The number of halogens is 2. The van der Waals surface area contributed by atoms with Gasteiger partial charge in [-0.05, 0) is 36.8 Å². The van der Waals surface area contributed by atoms with Crippen LogP contribution in [0.15, 0.2) is 42.6 Å². The summed E-state index contributed by atoms with van der Waals surface area (Å²) in [5.74, 6) is -3.60. The Morgan fingerprint density at radius 2 is 1.85 bits per heavy atom. The Kier molecular flexibility index (Phi) is 4.79. The molecule has 0 fully saturated rings. The van der Waals surface area contributed by atoms with Crippen LogP contribution in [-0.4, -0.2) is 25.6 Å². The van der Waals surface area contributed by atoms with E-state index in [1.807, 2.05) is 6.92 Å². The van der Waals surface area contributed by atoms with E-state index in [4.69, 9.17) is 4.74 Å². The van der Waals surface area contributed by atoms with Gasteiger partial charge in [0.15, 0.2) is 11.6 Å². The first-order valence-corrected chi connectivity index (χ1v) is 9.58. The largest absolute Gasteiger partial charge is 0.453 e. The number of aryl methyl sites for hydroxylation is 1. The number of nitrogens with zero attached hydrogens (tertiary/aromatic N) is 1. The topological polar surface area (TPSA) is 85.4 Å². The first-order valence-electron chi connectivity index (χ1n) is 7.69. The number of sulfonamides is 1. The maximum Gasteiger partial charge on any atom is 0.267 e. The fourth-order valence-electron chi connectivity index (χ4n) is 2.50. The van der Waals surface area contributed by atoms with E-state index >= 15 is 0 Å². The molecule has 0 radical (unpaired) electrons. The van der Waals surface area contributed by atoms with Gasteiger partial charge in [-0.25, -0.2) is 21.9 Å². The van der Waals surface area contributed by atoms with Gasteiger partial charge in [-0.3, -0.25) is 9.78 Å². The third kappa shape index (κ3) is 4.03. The van der Waals surface area contributed by atoms with Crippen LogP contribution in [0, 0.1) is 18.6 Å². The van der Waals surface area contributed by atoms with Crippen LogP contribution in [0.1, 0.15) is 15.9 Å². The predicted octanol–water partition coefficient (Wildman–Crippen LogP) is 3.30. The number of nitrogens with one attached hydrogen (secondary N) is 1. The van der Waals surface area contributed by atoms with Crippen LogP contribution in [-0.2, 0) is 10.0 Å². The molecule has 2 aromatic carbocycles. The first kappa shape index (κ1) is 18.7. The van der Waals surface area contributed by atoms with Gasteiger partial charge < -0.3 is 4.74 Å². The minimum Gasteiger partial charge on any atom is -0.453 e. The molecular formula is C18H14F2N2O4S. The molecule has 27 heavy (non-hydrogen) atoms. The van der Waals surface area contributed by atoms with Crippen molar-refractivity contribution < 1.29 is 26.7 Å². The summed E-state index contributed by atoms with van der Waals surface area (Å²) in [4.78, 5) is 16.0. The zero-order chi connectivity index (χ0) is 19.8. The predicted molar refractivity (Wildman–Crippen MR) is 95.2 cm³/mol. The average molecular weight is 392 g/mol. The lowest BCUT2D eigenvalue weighted by molar-refractivity contribution is 0.0977. The zero-order valence-corrected chi connectivity index (χ0v) is 15.1.